The molecule has 0 spiro atoms. The summed E-state index contributed by atoms with van der Waals surface area (Å²) in [4.78, 5) is 8.57. The molecule has 0 unspecified atom stereocenters. The van der Waals surface area contributed by atoms with E-state index in [9.17, 15) is 8.78 Å². The molecule has 0 saturated heterocycles. The maximum Gasteiger partial charge on any atom is 0.173 e. The molecule has 3 nitrogen and oxygen atoms in total. The first kappa shape index (κ1) is 16.6. The first-order valence-electron chi connectivity index (χ1n) is 8.92. The molecule has 0 aliphatic rings. The minimum absolute atomic E-state index is 0.262. The normalized spacial score (nSPS) is 11.4. The van der Waals surface area contributed by atoms with Crippen LogP contribution in [0.15, 0.2) is 79.3 Å². The highest BCUT2D eigenvalue weighted by molar-refractivity contribution is 5.79. The number of hydrogen-bond acceptors (Lipinski definition) is 2. The van der Waals surface area contributed by atoms with E-state index in [1.807, 2.05) is 24.3 Å². The molecule has 136 valence electrons. The van der Waals surface area contributed by atoms with Gasteiger partial charge in [0.25, 0.3) is 0 Å². The zero-order valence-electron chi connectivity index (χ0n) is 14.8. The molecule has 0 aliphatic heterocycles. The van der Waals surface area contributed by atoms with Crippen LogP contribution in [0, 0.1) is 11.6 Å². The van der Waals surface area contributed by atoms with Crippen LogP contribution in [0.1, 0.15) is 11.3 Å². The molecule has 0 radical (unpaired) electrons. The largest absolute Gasteiger partial charge is 0.301 e. The Labute approximate surface area is 159 Å². The van der Waals surface area contributed by atoms with Gasteiger partial charge in [-0.1, -0.05) is 24.3 Å². The van der Waals surface area contributed by atoms with Crippen LogP contribution in [-0.2, 0) is 6.42 Å². The molecule has 0 atom stereocenters. The van der Waals surface area contributed by atoms with Crippen LogP contribution in [0.5, 0.6) is 0 Å². The summed E-state index contributed by atoms with van der Waals surface area (Å²) in [5.41, 5.74) is 4.36. The van der Waals surface area contributed by atoms with Crippen molar-refractivity contribution in [2.24, 2.45) is 0 Å². The van der Waals surface area contributed by atoms with Crippen molar-refractivity contribution < 1.29 is 8.78 Å². The van der Waals surface area contributed by atoms with Crippen LogP contribution in [0.3, 0.4) is 0 Å². The first-order chi connectivity index (χ1) is 13.7. The minimum Gasteiger partial charge on any atom is -0.301 e. The Bertz CT molecular complexity index is 1320. The average molecular weight is 371 g/mol. The van der Waals surface area contributed by atoms with E-state index in [0.29, 0.717) is 17.5 Å². The van der Waals surface area contributed by atoms with Crippen LogP contribution < -0.4 is 0 Å². The number of halogens is 2. The number of aromatic nitrogens is 3. The van der Waals surface area contributed by atoms with Crippen molar-refractivity contribution >= 4 is 16.6 Å². The summed E-state index contributed by atoms with van der Waals surface area (Å²) in [6, 6.07) is 17.5. The maximum atomic E-state index is 14.6. The molecule has 0 bridgehead atoms. The van der Waals surface area contributed by atoms with E-state index in [1.54, 1.807) is 35.1 Å². The van der Waals surface area contributed by atoms with Gasteiger partial charge in [-0.3, -0.25) is 4.98 Å². The van der Waals surface area contributed by atoms with E-state index in [4.69, 9.17) is 0 Å². The van der Waals surface area contributed by atoms with Crippen molar-refractivity contribution in [1.29, 1.82) is 0 Å². The summed E-state index contributed by atoms with van der Waals surface area (Å²) in [7, 11) is 0. The Balaban J connectivity index is 1.59. The lowest BCUT2D eigenvalue weighted by Gasteiger charge is -2.08. The molecule has 0 saturated carbocycles. The number of nitrogens with zero attached hydrogens (tertiary/aromatic N) is 3. The maximum absolute atomic E-state index is 14.6. The fraction of sp³-hybridized carbons (Fsp3) is 0.0435. The molecular weight excluding hydrogens is 356 g/mol. The van der Waals surface area contributed by atoms with Gasteiger partial charge >= 0.3 is 0 Å². The predicted octanol–water partition coefficient (Wildman–Crippen LogP) is 5.42. The molecule has 5 rings (SSSR count). The molecule has 3 heterocycles. The fourth-order valence-electron chi connectivity index (χ4n) is 3.50. The second-order valence-electron chi connectivity index (χ2n) is 6.74. The molecule has 0 amide bonds. The topological polar surface area (TPSA) is 30.2 Å². The third-order valence-corrected chi connectivity index (χ3v) is 4.85. The Morgan fingerprint density at radius 1 is 0.857 bits per heavy atom. The zero-order chi connectivity index (χ0) is 19.1. The molecule has 5 aromatic rings. The smallest absolute Gasteiger partial charge is 0.173 e. The van der Waals surface area contributed by atoms with Gasteiger partial charge in [-0.25, -0.2) is 13.8 Å². The molecule has 0 fully saturated rings. The lowest BCUT2D eigenvalue weighted by atomic mass is 10.1. The van der Waals surface area contributed by atoms with Gasteiger partial charge in [0.05, 0.1) is 5.52 Å². The number of fused-ring (bicyclic) bond motifs is 2. The van der Waals surface area contributed by atoms with Crippen molar-refractivity contribution in [1.82, 2.24) is 14.4 Å². The van der Waals surface area contributed by atoms with Crippen molar-refractivity contribution in [3.63, 3.8) is 0 Å². The average Bonchev–Trinajstić information content (AvgIpc) is 3.11. The van der Waals surface area contributed by atoms with E-state index in [1.165, 1.54) is 18.2 Å². The van der Waals surface area contributed by atoms with Gasteiger partial charge in [0, 0.05) is 41.7 Å². The molecule has 3 aromatic heterocycles. The predicted molar refractivity (Wildman–Crippen MR) is 105 cm³/mol. The second-order valence-corrected chi connectivity index (χ2v) is 6.74. The summed E-state index contributed by atoms with van der Waals surface area (Å²) < 4.78 is 29.9. The molecule has 2 aromatic carbocycles. The summed E-state index contributed by atoms with van der Waals surface area (Å²) >= 11 is 0. The lowest BCUT2D eigenvalue weighted by Crippen LogP contribution is -1.98. The number of hydrogen-bond donors (Lipinski definition) is 0. The van der Waals surface area contributed by atoms with E-state index in [2.05, 4.69) is 16.0 Å². The van der Waals surface area contributed by atoms with Crippen LogP contribution >= 0.6 is 0 Å². The van der Waals surface area contributed by atoms with Crippen LogP contribution in [-0.4, -0.2) is 14.4 Å². The van der Waals surface area contributed by atoms with E-state index >= 15 is 0 Å². The van der Waals surface area contributed by atoms with Gasteiger partial charge < -0.3 is 4.40 Å². The SMILES string of the molecule is Fc1cccc(-c2cc(F)c3ncc(Cc4ccc5ncccc5c4)n3c2)c1. The van der Waals surface area contributed by atoms with Gasteiger partial charge in [0.1, 0.15) is 5.82 Å². The Hall–Kier alpha value is -3.60. The number of pyridine rings is 2. The molecule has 5 heteroatoms. The highest BCUT2D eigenvalue weighted by Gasteiger charge is 2.12. The van der Waals surface area contributed by atoms with Crippen molar-refractivity contribution in [3.8, 4) is 11.1 Å². The van der Waals surface area contributed by atoms with E-state index < -0.39 is 5.82 Å². The van der Waals surface area contributed by atoms with Gasteiger partial charge in [-0.15, -0.1) is 0 Å². The lowest BCUT2D eigenvalue weighted by molar-refractivity contribution is 0.626. The third-order valence-electron chi connectivity index (χ3n) is 4.85. The van der Waals surface area contributed by atoms with Crippen LogP contribution in [0.4, 0.5) is 8.78 Å². The standard InChI is InChI=1S/C23H15F2N3/c24-19-5-1-3-16(11-19)18-12-21(25)23-27-13-20(28(23)14-18)10-15-6-7-22-17(9-15)4-2-8-26-22/h1-9,11-14H,10H2. The third kappa shape index (κ3) is 2.91. The summed E-state index contributed by atoms with van der Waals surface area (Å²) in [5.74, 6) is -0.788. The summed E-state index contributed by atoms with van der Waals surface area (Å²) in [5, 5.41) is 1.06. The van der Waals surface area contributed by atoms with Gasteiger partial charge in [0.15, 0.2) is 11.5 Å². The van der Waals surface area contributed by atoms with E-state index in [-0.39, 0.29) is 11.5 Å². The highest BCUT2D eigenvalue weighted by Crippen LogP contribution is 2.25. The molecule has 0 N–H and O–H groups in total. The Morgan fingerprint density at radius 3 is 2.68 bits per heavy atom. The fourth-order valence-corrected chi connectivity index (χ4v) is 3.50. The van der Waals surface area contributed by atoms with Crippen molar-refractivity contribution in [2.45, 2.75) is 6.42 Å². The van der Waals surface area contributed by atoms with Gasteiger partial charge in [-0.2, -0.15) is 0 Å². The zero-order valence-corrected chi connectivity index (χ0v) is 14.8. The first-order valence-corrected chi connectivity index (χ1v) is 8.92. The summed E-state index contributed by atoms with van der Waals surface area (Å²) in [6.07, 6.45) is 5.85. The summed E-state index contributed by atoms with van der Waals surface area (Å²) in [6.45, 7) is 0. The quantitative estimate of drug-likeness (QED) is 0.424. The van der Waals surface area contributed by atoms with Crippen LogP contribution in [0.25, 0.3) is 27.7 Å². The van der Waals surface area contributed by atoms with E-state index in [0.717, 1.165) is 22.2 Å². The molecule has 0 aliphatic carbocycles. The van der Waals surface area contributed by atoms with Crippen molar-refractivity contribution in [3.05, 3.63) is 102 Å². The second kappa shape index (κ2) is 6.53. The Morgan fingerprint density at radius 2 is 1.79 bits per heavy atom. The monoisotopic (exact) mass is 371 g/mol. The number of rotatable bonds is 3. The molecular formula is C23H15F2N3. The molecule has 28 heavy (non-hydrogen) atoms. The van der Waals surface area contributed by atoms with Crippen molar-refractivity contribution in [2.75, 3.05) is 0 Å². The van der Waals surface area contributed by atoms with Gasteiger partial charge in [0.2, 0.25) is 0 Å². The van der Waals surface area contributed by atoms with Crippen LogP contribution in [0.2, 0.25) is 0 Å². The minimum atomic E-state index is -0.435. The Kier molecular flexibility index (Phi) is 3.86. The number of benzene rings is 2. The number of imidazole rings is 1. The van der Waals surface area contributed by atoms with Gasteiger partial charge in [-0.05, 0) is 47.5 Å². The highest BCUT2D eigenvalue weighted by atomic mass is 19.1.